The number of amides is 2. The van der Waals surface area contributed by atoms with Crippen molar-refractivity contribution in [2.75, 3.05) is 13.1 Å². The molecule has 2 amide bonds. The van der Waals surface area contributed by atoms with Gasteiger partial charge < -0.3 is 10.6 Å². The van der Waals surface area contributed by atoms with Gasteiger partial charge in [0.25, 0.3) is 5.91 Å². The fraction of sp³-hybridized carbons (Fsp3) is 0.222. The van der Waals surface area contributed by atoms with Crippen LogP contribution in [0.3, 0.4) is 0 Å². The predicted molar refractivity (Wildman–Crippen MR) is 86.7 cm³/mol. The molecular weight excluding hydrogens is 276 g/mol. The molecule has 22 heavy (non-hydrogen) atoms. The molecule has 2 N–H and O–H groups in total. The van der Waals surface area contributed by atoms with Crippen LogP contribution in [0.25, 0.3) is 0 Å². The van der Waals surface area contributed by atoms with Crippen LogP contribution >= 0.6 is 0 Å². The Hall–Kier alpha value is -2.62. The Labute approximate surface area is 130 Å². The zero-order valence-corrected chi connectivity index (χ0v) is 12.6. The number of nitrogens with one attached hydrogen (secondary N) is 2. The first-order valence-corrected chi connectivity index (χ1v) is 7.31. The molecule has 0 fully saturated rings. The standard InChI is InChI=1S/C18H20N2O2/c1-14-7-5-6-10-16(14)18(22)20-13-17(21)19-12-11-15-8-3-2-4-9-15/h2-10H,11-13H2,1H3,(H,19,21)(H,20,22). The molecule has 2 rings (SSSR count). The number of benzene rings is 2. The summed E-state index contributed by atoms with van der Waals surface area (Å²) < 4.78 is 0. The molecule has 0 aliphatic rings. The topological polar surface area (TPSA) is 58.2 Å². The van der Waals surface area contributed by atoms with Crippen molar-refractivity contribution in [3.05, 3.63) is 71.3 Å². The highest BCUT2D eigenvalue weighted by Crippen LogP contribution is 2.06. The van der Waals surface area contributed by atoms with Crippen molar-refractivity contribution in [3.63, 3.8) is 0 Å². The van der Waals surface area contributed by atoms with Gasteiger partial charge in [-0.15, -0.1) is 0 Å². The van der Waals surface area contributed by atoms with Gasteiger partial charge in [-0.25, -0.2) is 0 Å². The zero-order valence-electron chi connectivity index (χ0n) is 12.6. The Morgan fingerprint density at radius 1 is 0.909 bits per heavy atom. The van der Waals surface area contributed by atoms with Crippen LogP contribution in [-0.4, -0.2) is 24.9 Å². The Morgan fingerprint density at radius 2 is 1.59 bits per heavy atom. The molecule has 2 aromatic carbocycles. The predicted octanol–water partition coefficient (Wildman–Crippen LogP) is 2.08. The van der Waals surface area contributed by atoms with Gasteiger partial charge in [-0.3, -0.25) is 9.59 Å². The molecule has 4 nitrogen and oxygen atoms in total. The normalized spacial score (nSPS) is 10.0. The Kier molecular flexibility index (Phi) is 5.72. The van der Waals surface area contributed by atoms with E-state index in [9.17, 15) is 9.59 Å². The maximum Gasteiger partial charge on any atom is 0.251 e. The van der Waals surface area contributed by atoms with E-state index in [2.05, 4.69) is 10.6 Å². The molecule has 0 atom stereocenters. The fourth-order valence-electron chi connectivity index (χ4n) is 2.14. The molecule has 0 aromatic heterocycles. The molecule has 0 unspecified atom stereocenters. The van der Waals surface area contributed by atoms with Crippen molar-refractivity contribution in [3.8, 4) is 0 Å². The van der Waals surface area contributed by atoms with Gasteiger partial charge in [0.15, 0.2) is 0 Å². The van der Waals surface area contributed by atoms with Gasteiger partial charge in [0, 0.05) is 12.1 Å². The number of hydrogen-bond donors (Lipinski definition) is 2. The molecule has 0 aliphatic carbocycles. The summed E-state index contributed by atoms with van der Waals surface area (Å²) in [4.78, 5) is 23.7. The van der Waals surface area contributed by atoms with E-state index in [0.717, 1.165) is 12.0 Å². The van der Waals surface area contributed by atoms with Crippen LogP contribution in [0.1, 0.15) is 21.5 Å². The second kappa shape index (κ2) is 7.98. The number of hydrogen-bond acceptors (Lipinski definition) is 2. The average Bonchev–Trinajstić information content (AvgIpc) is 2.54. The minimum atomic E-state index is -0.226. The maximum absolute atomic E-state index is 12.0. The summed E-state index contributed by atoms with van der Waals surface area (Å²) >= 11 is 0. The molecule has 0 saturated heterocycles. The van der Waals surface area contributed by atoms with Gasteiger partial charge in [-0.05, 0) is 30.5 Å². The highest BCUT2D eigenvalue weighted by Gasteiger charge is 2.09. The van der Waals surface area contributed by atoms with E-state index in [4.69, 9.17) is 0 Å². The lowest BCUT2D eigenvalue weighted by atomic mass is 10.1. The van der Waals surface area contributed by atoms with Crippen LogP contribution in [0.4, 0.5) is 0 Å². The maximum atomic E-state index is 12.0. The summed E-state index contributed by atoms with van der Waals surface area (Å²) in [5, 5.41) is 5.44. The molecule has 0 aliphatic heterocycles. The minimum Gasteiger partial charge on any atom is -0.354 e. The summed E-state index contributed by atoms with van der Waals surface area (Å²) in [6.45, 7) is 2.42. The third-order valence-corrected chi connectivity index (χ3v) is 3.38. The zero-order chi connectivity index (χ0) is 15.8. The minimum absolute atomic E-state index is 0.0119. The van der Waals surface area contributed by atoms with E-state index in [0.29, 0.717) is 12.1 Å². The van der Waals surface area contributed by atoms with E-state index in [-0.39, 0.29) is 18.4 Å². The second-order valence-corrected chi connectivity index (χ2v) is 5.08. The smallest absolute Gasteiger partial charge is 0.251 e. The van der Waals surface area contributed by atoms with E-state index < -0.39 is 0 Å². The summed E-state index contributed by atoms with van der Waals surface area (Å²) in [5.74, 6) is -0.408. The summed E-state index contributed by atoms with van der Waals surface area (Å²) in [5.41, 5.74) is 2.66. The van der Waals surface area contributed by atoms with Crippen molar-refractivity contribution in [2.24, 2.45) is 0 Å². The first kappa shape index (κ1) is 15.8. The van der Waals surface area contributed by atoms with E-state index in [1.54, 1.807) is 6.07 Å². The highest BCUT2D eigenvalue weighted by molar-refractivity contribution is 5.97. The lowest BCUT2D eigenvalue weighted by Crippen LogP contribution is -2.37. The molecule has 0 saturated carbocycles. The second-order valence-electron chi connectivity index (χ2n) is 5.08. The summed E-state index contributed by atoms with van der Waals surface area (Å²) in [7, 11) is 0. The number of carbonyl (C=O) groups excluding carboxylic acids is 2. The largest absolute Gasteiger partial charge is 0.354 e. The lowest BCUT2D eigenvalue weighted by molar-refractivity contribution is -0.120. The van der Waals surface area contributed by atoms with E-state index in [1.807, 2.05) is 55.5 Å². The van der Waals surface area contributed by atoms with Gasteiger partial charge in [0.05, 0.1) is 6.54 Å². The van der Waals surface area contributed by atoms with E-state index >= 15 is 0 Å². The van der Waals surface area contributed by atoms with Crippen LogP contribution in [0.5, 0.6) is 0 Å². The molecular formula is C18H20N2O2. The molecule has 4 heteroatoms. The van der Waals surface area contributed by atoms with Crippen LogP contribution in [0.2, 0.25) is 0 Å². The van der Waals surface area contributed by atoms with Crippen molar-refractivity contribution in [1.29, 1.82) is 0 Å². The first-order chi connectivity index (χ1) is 10.7. The molecule has 0 spiro atoms. The number of carbonyl (C=O) groups is 2. The molecule has 0 heterocycles. The van der Waals surface area contributed by atoms with Crippen molar-refractivity contribution < 1.29 is 9.59 Å². The quantitative estimate of drug-likeness (QED) is 0.857. The summed E-state index contributed by atoms with van der Waals surface area (Å²) in [6.07, 6.45) is 0.776. The van der Waals surface area contributed by atoms with E-state index in [1.165, 1.54) is 5.56 Å². The monoisotopic (exact) mass is 296 g/mol. The van der Waals surface area contributed by atoms with Crippen molar-refractivity contribution >= 4 is 11.8 Å². The van der Waals surface area contributed by atoms with Crippen LogP contribution in [-0.2, 0) is 11.2 Å². The molecule has 0 radical (unpaired) electrons. The van der Waals surface area contributed by atoms with Gasteiger partial charge >= 0.3 is 0 Å². The highest BCUT2D eigenvalue weighted by atomic mass is 16.2. The summed E-state index contributed by atoms with van der Waals surface area (Å²) in [6, 6.07) is 17.2. The lowest BCUT2D eigenvalue weighted by Gasteiger charge is -2.08. The Morgan fingerprint density at radius 3 is 2.32 bits per heavy atom. The molecule has 0 bridgehead atoms. The van der Waals surface area contributed by atoms with Crippen LogP contribution in [0.15, 0.2) is 54.6 Å². The van der Waals surface area contributed by atoms with Crippen molar-refractivity contribution in [1.82, 2.24) is 10.6 Å². The number of aryl methyl sites for hydroxylation is 1. The first-order valence-electron chi connectivity index (χ1n) is 7.31. The van der Waals surface area contributed by atoms with Crippen LogP contribution < -0.4 is 10.6 Å². The SMILES string of the molecule is Cc1ccccc1C(=O)NCC(=O)NCCc1ccccc1. The third-order valence-electron chi connectivity index (χ3n) is 3.38. The number of rotatable bonds is 6. The average molecular weight is 296 g/mol. The van der Waals surface area contributed by atoms with Gasteiger partial charge in [-0.2, -0.15) is 0 Å². The third kappa shape index (κ3) is 4.74. The molecule has 2 aromatic rings. The Bertz CT molecular complexity index is 639. The van der Waals surface area contributed by atoms with Gasteiger partial charge in [0.1, 0.15) is 0 Å². The van der Waals surface area contributed by atoms with Crippen molar-refractivity contribution in [2.45, 2.75) is 13.3 Å². The van der Waals surface area contributed by atoms with Gasteiger partial charge in [-0.1, -0.05) is 48.5 Å². The van der Waals surface area contributed by atoms with Gasteiger partial charge in [0.2, 0.25) is 5.91 Å². The van der Waals surface area contributed by atoms with Crippen LogP contribution in [0, 0.1) is 6.92 Å². The molecule has 114 valence electrons. The Balaban J connectivity index is 1.72. The fourth-order valence-corrected chi connectivity index (χ4v) is 2.14.